The van der Waals surface area contributed by atoms with Gasteiger partial charge < -0.3 is 15.4 Å². The lowest BCUT2D eigenvalue weighted by Crippen LogP contribution is -2.38. The van der Waals surface area contributed by atoms with Crippen LogP contribution < -0.4 is 10.6 Å². The molecule has 6 nitrogen and oxygen atoms in total. The Kier molecular flexibility index (Phi) is 5.95. The molecule has 6 heteroatoms. The summed E-state index contributed by atoms with van der Waals surface area (Å²) in [7, 11) is 0. The van der Waals surface area contributed by atoms with Gasteiger partial charge in [-0.05, 0) is 62.8 Å². The maximum Gasteiger partial charge on any atom is 0.325 e. The molecule has 0 aromatic heterocycles. The zero-order chi connectivity index (χ0) is 17.7. The van der Waals surface area contributed by atoms with E-state index in [-0.39, 0.29) is 31.0 Å². The summed E-state index contributed by atoms with van der Waals surface area (Å²) in [6.45, 7) is 5.24. The minimum atomic E-state index is -0.638. The number of nitrogens with one attached hydrogen (secondary N) is 2. The smallest absolute Gasteiger partial charge is 0.325 e. The van der Waals surface area contributed by atoms with Crippen LogP contribution in [0.15, 0.2) is 18.2 Å². The lowest BCUT2D eigenvalue weighted by atomic mass is 10.1. The first-order valence-electron chi connectivity index (χ1n) is 8.17. The van der Waals surface area contributed by atoms with Crippen molar-refractivity contribution in [1.82, 2.24) is 10.6 Å². The zero-order valence-electron chi connectivity index (χ0n) is 14.3. The van der Waals surface area contributed by atoms with Gasteiger partial charge in [0.05, 0.1) is 0 Å². The summed E-state index contributed by atoms with van der Waals surface area (Å²) in [5, 5.41) is 5.29. The van der Waals surface area contributed by atoms with Crippen LogP contribution in [0.2, 0.25) is 0 Å². The molecular formula is C18H24N2O4. The highest BCUT2D eigenvalue weighted by Crippen LogP contribution is 2.32. The Balaban J connectivity index is 1.69. The van der Waals surface area contributed by atoms with Crippen molar-refractivity contribution in [3.63, 3.8) is 0 Å². The van der Waals surface area contributed by atoms with Gasteiger partial charge in [0, 0.05) is 11.6 Å². The summed E-state index contributed by atoms with van der Waals surface area (Å²) in [6.07, 6.45) is 2.26. The molecule has 2 amide bonds. The Morgan fingerprint density at radius 1 is 1.21 bits per heavy atom. The monoisotopic (exact) mass is 332 g/mol. The van der Waals surface area contributed by atoms with Gasteiger partial charge >= 0.3 is 5.97 Å². The van der Waals surface area contributed by atoms with E-state index in [2.05, 4.69) is 10.6 Å². The molecule has 1 aromatic carbocycles. The number of ether oxygens (including phenoxy) is 1. The van der Waals surface area contributed by atoms with Gasteiger partial charge in [-0.15, -0.1) is 0 Å². The van der Waals surface area contributed by atoms with Crippen molar-refractivity contribution < 1.29 is 19.1 Å². The molecule has 0 heterocycles. The molecule has 24 heavy (non-hydrogen) atoms. The van der Waals surface area contributed by atoms with Crippen molar-refractivity contribution in [3.8, 4) is 0 Å². The fourth-order valence-corrected chi connectivity index (χ4v) is 2.34. The third-order valence-corrected chi connectivity index (χ3v) is 4.24. The number of aryl methyl sites for hydroxylation is 2. The van der Waals surface area contributed by atoms with Crippen LogP contribution in [-0.4, -0.2) is 37.0 Å². The molecule has 1 saturated carbocycles. The quantitative estimate of drug-likeness (QED) is 0.741. The van der Waals surface area contributed by atoms with Crippen molar-refractivity contribution in [1.29, 1.82) is 0 Å². The summed E-state index contributed by atoms with van der Waals surface area (Å²) in [5.74, 6) is -0.756. The number of amides is 2. The summed E-state index contributed by atoms with van der Waals surface area (Å²) >= 11 is 0. The van der Waals surface area contributed by atoms with Crippen LogP contribution in [0.5, 0.6) is 0 Å². The molecule has 0 bridgehead atoms. The standard InChI is InChI=1S/C18H24N2O4/c1-11-4-5-15(8-12(11)2)18(23)19-9-17(22)24-10-16(21)20-13(3)14-6-7-14/h4-5,8,13-14H,6-7,9-10H2,1-3H3,(H,19,23)(H,20,21)/t13-/m1/s1. The van der Waals surface area contributed by atoms with Crippen LogP contribution >= 0.6 is 0 Å². The van der Waals surface area contributed by atoms with Gasteiger partial charge in [-0.2, -0.15) is 0 Å². The van der Waals surface area contributed by atoms with Crippen LogP contribution in [-0.2, 0) is 14.3 Å². The molecule has 0 spiro atoms. The van der Waals surface area contributed by atoms with Gasteiger partial charge in [0.15, 0.2) is 6.61 Å². The molecule has 1 aliphatic rings. The molecule has 0 aliphatic heterocycles. The van der Waals surface area contributed by atoms with Crippen LogP contribution in [0.1, 0.15) is 41.3 Å². The molecule has 0 unspecified atom stereocenters. The van der Waals surface area contributed by atoms with Gasteiger partial charge in [0.25, 0.3) is 11.8 Å². The molecule has 1 aliphatic carbocycles. The van der Waals surface area contributed by atoms with E-state index in [1.54, 1.807) is 12.1 Å². The Morgan fingerprint density at radius 3 is 2.54 bits per heavy atom. The van der Waals surface area contributed by atoms with E-state index < -0.39 is 5.97 Å². The van der Waals surface area contributed by atoms with Crippen molar-refractivity contribution in [2.24, 2.45) is 5.92 Å². The molecule has 0 radical (unpaired) electrons. The SMILES string of the molecule is Cc1ccc(C(=O)NCC(=O)OCC(=O)N[C@H](C)C2CC2)cc1C. The number of hydrogen-bond donors (Lipinski definition) is 2. The van der Waals surface area contributed by atoms with Crippen molar-refractivity contribution >= 4 is 17.8 Å². The topological polar surface area (TPSA) is 84.5 Å². The molecule has 0 saturated heterocycles. The van der Waals surface area contributed by atoms with E-state index in [0.717, 1.165) is 24.0 Å². The number of rotatable bonds is 7. The average Bonchev–Trinajstić information content (AvgIpc) is 3.38. The average molecular weight is 332 g/mol. The fraction of sp³-hybridized carbons (Fsp3) is 0.500. The second kappa shape index (κ2) is 7.95. The van der Waals surface area contributed by atoms with E-state index in [9.17, 15) is 14.4 Å². The van der Waals surface area contributed by atoms with E-state index in [4.69, 9.17) is 4.74 Å². The third kappa shape index (κ3) is 5.37. The number of benzene rings is 1. The van der Waals surface area contributed by atoms with E-state index in [0.29, 0.717) is 11.5 Å². The summed E-state index contributed by atoms with van der Waals surface area (Å²) < 4.78 is 4.87. The normalized spacial score (nSPS) is 14.6. The lowest BCUT2D eigenvalue weighted by molar-refractivity contribution is -0.147. The first kappa shape index (κ1) is 18.0. The Labute approximate surface area is 142 Å². The largest absolute Gasteiger partial charge is 0.454 e. The van der Waals surface area contributed by atoms with Gasteiger partial charge in [0.1, 0.15) is 6.54 Å². The number of carbonyl (C=O) groups excluding carboxylic acids is 3. The van der Waals surface area contributed by atoms with Gasteiger partial charge in [-0.25, -0.2) is 0 Å². The highest BCUT2D eigenvalue weighted by molar-refractivity contribution is 5.96. The molecule has 1 aromatic rings. The fourth-order valence-electron chi connectivity index (χ4n) is 2.34. The molecule has 130 valence electrons. The molecule has 2 rings (SSSR count). The van der Waals surface area contributed by atoms with E-state index >= 15 is 0 Å². The molecule has 1 atom stereocenters. The van der Waals surface area contributed by atoms with Crippen LogP contribution in [0.4, 0.5) is 0 Å². The van der Waals surface area contributed by atoms with Crippen molar-refractivity contribution in [3.05, 3.63) is 34.9 Å². The predicted octanol–water partition coefficient (Wildman–Crippen LogP) is 1.49. The first-order valence-corrected chi connectivity index (χ1v) is 8.17. The summed E-state index contributed by atoms with van der Waals surface area (Å²) in [6, 6.07) is 5.44. The number of carbonyl (C=O) groups is 3. The number of hydrogen-bond acceptors (Lipinski definition) is 4. The first-order chi connectivity index (χ1) is 11.4. The van der Waals surface area contributed by atoms with Crippen LogP contribution in [0, 0.1) is 19.8 Å². The molecule has 2 N–H and O–H groups in total. The van der Waals surface area contributed by atoms with Gasteiger partial charge in [-0.3, -0.25) is 14.4 Å². The van der Waals surface area contributed by atoms with Gasteiger partial charge in [0.2, 0.25) is 0 Å². The Morgan fingerprint density at radius 2 is 1.92 bits per heavy atom. The zero-order valence-corrected chi connectivity index (χ0v) is 14.3. The maximum atomic E-state index is 12.0. The third-order valence-electron chi connectivity index (χ3n) is 4.24. The summed E-state index contributed by atoms with van der Waals surface area (Å²) in [5.41, 5.74) is 2.59. The Bertz CT molecular complexity index is 638. The van der Waals surface area contributed by atoms with E-state index in [1.807, 2.05) is 26.8 Å². The second-order valence-corrected chi connectivity index (χ2v) is 6.34. The molecular weight excluding hydrogens is 308 g/mol. The maximum absolute atomic E-state index is 12.0. The van der Waals surface area contributed by atoms with Crippen LogP contribution in [0.25, 0.3) is 0 Å². The lowest BCUT2D eigenvalue weighted by Gasteiger charge is -2.13. The number of esters is 1. The minimum absolute atomic E-state index is 0.112. The van der Waals surface area contributed by atoms with Crippen molar-refractivity contribution in [2.45, 2.75) is 39.7 Å². The second-order valence-electron chi connectivity index (χ2n) is 6.34. The predicted molar refractivity (Wildman–Crippen MR) is 89.5 cm³/mol. The van der Waals surface area contributed by atoms with Crippen LogP contribution in [0.3, 0.4) is 0 Å². The molecule has 1 fully saturated rings. The minimum Gasteiger partial charge on any atom is -0.454 e. The van der Waals surface area contributed by atoms with Gasteiger partial charge in [-0.1, -0.05) is 6.07 Å². The summed E-state index contributed by atoms with van der Waals surface area (Å²) in [4.78, 5) is 35.2. The highest BCUT2D eigenvalue weighted by atomic mass is 16.5. The highest BCUT2D eigenvalue weighted by Gasteiger charge is 2.28. The van der Waals surface area contributed by atoms with Crippen molar-refractivity contribution in [2.75, 3.05) is 13.2 Å². The van der Waals surface area contributed by atoms with E-state index in [1.165, 1.54) is 0 Å². The Hall–Kier alpha value is -2.37.